The van der Waals surface area contributed by atoms with Crippen LogP contribution in [0.3, 0.4) is 0 Å². The smallest absolute Gasteiger partial charge is 0.142 e. The van der Waals surface area contributed by atoms with Crippen LogP contribution < -0.4 is 5.32 Å². The van der Waals surface area contributed by atoms with Crippen LogP contribution in [0.2, 0.25) is 0 Å². The number of aldehydes is 1. The second-order valence-electron chi connectivity index (χ2n) is 2.84. The van der Waals surface area contributed by atoms with E-state index in [1.807, 2.05) is 32.2 Å². The van der Waals surface area contributed by atoms with Gasteiger partial charge in [0.15, 0.2) is 0 Å². The molecule has 2 heteroatoms. The van der Waals surface area contributed by atoms with Crippen LogP contribution in [-0.2, 0) is 4.79 Å². The van der Waals surface area contributed by atoms with E-state index in [4.69, 9.17) is 0 Å². The van der Waals surface area contributed by atoms with E-state index in [-0.39, 0.29) is 0 Å². The molecule has 0 aliphatic carbocycles. The second kappa shape index (κ2) is 4.45. The third kappa shape index (κ3) is 2.44. The fraction of sp³-hybridized carbons (Fsp3) is 0.182. The van der Waals surface area contributed by atoms with E-state index in [1.54, 1.807) is 6.08 Å². The molecule has 0 saturated carbocycles. The lowest BCUT2D eigenvalue weighted by molar-refractivity contribution is -0.104. The topological polar surface area (TPSA) is 29.1 Å². The summed E-state index contributed by atoms with van der Waals surface area (Å²) in [5, 5.41) is 3.08. The summed E-state index contributed by atoms with van der Waals surface area (Å²) in [6.45, 7) is 2.04. The highest BCUT2D eigenvalue weighted by atomic mass is 16.1. The highest BCUT2D eigenvalue weighted by Crippen LogP contribution is 2.17. The molecule has 0 saturated heterocycles. The first kappa shape index (κ1) is 9.52. The molecule has 1 aromatic carbocycles. The Balaban J connectivity index is 3.05. The number of anilines is 1. The lowest BCUT2D eigenvalue weighted by Crippen LogP contribution is -1.91. The van der Waals surface area contributed by atoms with Gasteiger partial charge in [0.05, 0.1) is 0 Å². The lowest BCUT2D eigenvalue weighted by Gasteiger charge is -2.05. The number of rotatable bonds is 3. The zero-order valence-electron chi connectivity index (χ0n) is 7.87. The van der Waals surface area contributed by atoms with Gasteiger partial charge in [-0.1, -0.05) is 12.1 Å². The van der Waals surface area contributed by atoms with Crippen LogP contribution in [0.5, 0.6) is 0 Å². The Bertz CT molecular complexity index is 329. The van der Waals surface area contributed by atoms with Gasteiger partial charge in [-0.2, -0.15) is 0 Å². The molecule has 0 amide bonds. The molecule has 0 radical (unpaired) electrons. The molecule has 2 nitrogen and oxygen atoms in total. The van der Waals surface area contributed by atoms with Crippen molar-refractivity contribution < 1.29 is 4.79 Å². The quantitative estimate of drug-likeness (QED) is 0.564. The maximum Gasteiger partial charge on any atom is 0.142 e. The molecule has 0 unspecified atom stereocenters. The molecule has 1 aromatic rings. The molecule has 0 fully saturated rings. The van der Waals surface area contributed by atoms with Crippen molar-refractivity contribution in [1.82, 2.24) is 0 Å². The van der Waals surface area contributed by atoms with E-state index < -0.39 is 0 Å². The maximum absolute atomic E-state index is 10.1. The van der Waals surface area contributed by atoms with E-state index in [1.165, 1.54) is 11.6 Å². The van der Waals surface area contributed by atoms with Gasteiger partial charge in [0.1, 0.15) is 6.29 Å². The minimum Gasteiger partial charge on any atom is -0.388 e. The fourth-order valence-electron chi connectivity index (χ4n) is 1.17. The first-order chi connectivity index (χ1) is 6.27. The Morgan fingerprint density at radius 2 is 2.15 bits per heavy atom. The molecule has 0 aliphatic rings. The lowest BCUT2D eigenvalue weighted by atomic mass is 10.1. The van der Waals surface area contributed by atoms with Crippen molar-refractivity contribution in [2.45, 2.75) is 6.92 Å². The minimum atomic E-state index is 0.777. The van der Waals surface area contributed by atoms with Gasteiger partial charge in [-0.3, -0.25) is 4.79 Å². The Morgan fingerprint density at radius 3 is 2.77 bits per heavy atom. The van der Waals surface area contributed by atoms with Crippen LogP contribution in [0, 0.1) is 6.92 Å². The van der Waals surface area contributed by atoms with Gasteiger partial charge in [0, 0.05) is 12.7 Å². The van der Waals surface area contributed by atoms with Gasteiger partial charge >= 0.3 is 0 Å². The van der Waals surface area contributed by atoms with Crippen LogP contribution in [0.15, 0.2) is 24.3 Å². The molecular weight excluding hydrogens is 162 g/mol. The number of carbonyl (C=O) groups is 1. The number of carbonyl (C=O) groups excluding carboxylic acids is 1. The molecular formula is C11H13NO. The van der Waals surface area contributed by atoms with Crippen LogP contribution in [-0.4, -0.2) is 13.3 Å². The number of nitrogens with one attached hydrogen (secondary N) is 1. The van der Waals surface area contributed by atoms with E-state index in [9.17, 15) is 4.79 Å². The summed E-state index contributed by atoms with van der Waals surface area (Å²) < 4.78 is 0. The van der Waals surface area contributed by atoms with Crippen LogP contribution in [0.1, 0.15) is 11.1 Å². The van der Waals surface area contributed by atoms with Crippen LogP contribution in [0.4, 0.5) is 5.69 Å². The minimum absolute atomic E-state index is 0.777. The average molecular weight is 175 g/mol. The molecule has 1 rings (SSSR count). The van der Waals surface area contributed by atoms with Crippen molar-refractivity contribution in [2.75, 3.05) is 12.4 Å². The van der Waals surface area contributed by atoms with E-state index in [2.05, 4.69) is 5.32 Å². The predicted molar refractivity (Wildman–Crippen MR) is 55.8 cm³/mol. The SMILES string of the molecule is CNc1cc(C)ccc1/C=C\C=O. The first-order valence-corrected chi connectivity index (χ1v) is 4.18. The summed E-state index contributed by atoms with van der Waals surface area (Å²) in [5.74, 6) is 0. The predicted octanol–water partition coefficient (Wildman–Crippen LogP) is 2.25. The van der Waals surface area contributed by atoms with Crippen molar-refractivity contribution in [2.24, 2.45) is 0 Å². The van der Waals surface area contributed by atoms with Crippen molar-refractivity contribution in [3.05, 3.63) is 35.4 Å². The molecule has 0 aliphatic heterocycles. The monoisotopic (exact) mass is 175 g/mol. The molecule has 0 spiro atoms. The van der Waals surface area contributed by atoms with Gasteiger partial charge in [-0.05, 0) is 36.3 Å². The molecule has 13 heavy (non-hydrogen) atoms. The maximum atomic E-state index is 10.1. The number of hydrogen-bond acceptors (Lipinski definition) is 2. The first-order valence-electron chi connectivity index (χ1n) is 4.18. The van der Waals surface area contributed by atoms with Crippen LogP contribution >= 0.6 is 0 Å². The Morgan fingerprint density at radius 1 is 1.38 bits per heavy atom. The second-order valence-corrected chi connectivity index (χ2v) is 2.84. The third-order valence-corrected chi connectivity index (χ3v) is 1.83. The van der Waals surface area contributed by atoms with Gasteiger partial charge < -0.3 is 5.32 Å². The number of aryl methyl sites for hydroxylation is 1. The van der Waals surface area contributed by atoms with Crippen molar-refractivity contribution in [1.29, 1.82) is 0 Å². The largest absolute Gasteiger partial charge is 0.388 e. The highest BCUT2D eigenvalue weighted by Gasteiger charge is 1.96. The Labute approximate surface area is 78.3 Å². The third-order valence-electron chi connectivity index (χ3n) is 1.83. The normalized spacial score (nSPS) is 10.3. The number of hydrogen-bond donors (Lipinski definition) is 1. The van der Waals surface area contributed by atoms with Crippen molar-refractivity contribution in [3.63, 3.8) is 0 Å². The zero-order chi connectivity index (χ0) is 9.68. The molecule has 0 aromatic heterocycles. The zero-order valence-corrected chi connectivity index (χ0v) is 7.87. The van der Waals surface area contributed by atoms with Gasteiger partial charge in [-0.15, -0.1) is 0 Å². The summed E-state index contributed by atoms with van der Waals surface area (Å²) >= 11 is 0. The summed E-state index contributed by atoms with van der Waals surface area (Å²) in [6.07, 6.45) is 4.06. The van der Waals surface area contributed by atoms with Crippen molar-refractivity contribution in [3.8, 4) is 0 Å². The number of benzene rings is 1. The van der Waals surface area contributed by atoms with Gasteiger partial charge in [0.25, 0.3) is 0 Å². The molecule has 0 heterocycles. The van der Waals surface area contributed by atoms with E-state index in [0.717, 1.165) is 17.5 Å². The summed E-state index contributed by atoms with van der Waals surface area (Å²) in [4.78, 5) is 10.1. The van der Waals surface area contributed by atoms with Gasteiger partial charge in [0.2, 0.25) is 0 Å². The standard InChI is InChI=1S/C11H13NO/c1-9-5-6-10(4-3-7-13)11(8-9)12-2/h3-8,12H,1-2H3/b4-3-. The fourth-order valence-corrected chi connectivity index (χ4v) is 1.17. The van der Waals surface area contributed by atoms with Crippen molar-refractivity contribution >= 4 is 18.0 Å². The van der Waals surface area contributed by atoms with E-state index in [0.29, 0.717) is 0 Å². The number of allylic oxidation sites excluding steroid dienone is 1. The average Bonchev–Trinajstić information content (AvgIpc) is 2.16. The Kier molecular flexibility index (Phi) is 3.26. The van der Waals surface area contributed by atoms with Crippen LogP contribution in [0.25, 0.3) is 6.08 Å². The molecule has 0 atom stereocenters. The summed E-state index contributed by atoms with van der Waals surface area (Å²) in [7, 11) is 1.87. The van der Waals surface area contributed by atoms with Gasteiger partial charge in [-0.25, -0.2) is 0 Å². The molecule has 68 valence electrons. The summed E-state index contributed by atoms with van der Waals surface area (Å²) in [5.41, 5.74) is 3.27. The molecule has 1 N–H and O–H groups in total. The highest BCUT2D eigenvalue weighted by molar-refractivity contribution is 5.78. The molecule has 0 bridgehead atoms. The van der Waals surface area contributed by atoms with E-state index >= 15 is 0 Å². The summed E-state index contributed by atoms with van der Waals surface area (Å²) in [6, 6.07) is 6.05. The Hall–Kier alpha value is -1.57.